The molecule has 0 saturated carbocycles. The Kier molecular flexibility index (Phi) is 4.83. The number of nitrogens with one attached hydrogen (secondary N) is 1. The molecule has 1 spiro atoms. The molecule has 24 heavy (non-hydrogen) atoms. The second kappa shape index (κ2) is 6.73. The lowest BCUT2D eigenvalue weighted by atomic mass is 9.87. The second-order valence-electron chi connectivity index (χ2n) is 7.22. The van der Waals surface area contributed by atoms with Crippen molar-refractivity contribution < 1.29 is 9.59 Å². The number of benzene rings is 1. The van der Waals surface area contributed by atoms with Crippen molar-refractivity contribution in [2.75, 3.05) is 19.6 Å². The normalized spacial score (nSPS) is 20.9. The molecule has 1 aromatic rings. The zero-order chi connectivity index (χ0) is 17.3. The van der Waals surface area contributed by atoms with Gasteiger partial charge in [0.25, 0.3) is 5.91 Å². The average molecular weight is 350 g/mol. The maximum atomic E-state index is 12.9. The SMILES string of the molecule is CC(C)CN1CCC2(CC1)NC(=O)N(Cc1ccc(Cl)cc1)C2=O. The van der Waals surface area contributed by atoms with Crippen LogP contribution in [0.5, 0.6) is 0 Å². The van der Waals surface area contributed by atoms with E-state index < -0.39 is 5.54 Å². The fourth-order valence-electron chi connectivity index (χ4n) is 3.56. The number of piperidine rings is 1. The molecule has 2 saturated heterocycles. The van der Waals surface area contributed by atoms with Crippen LogP contribution in [0.2, 0.25) is 5.02 Å². The number of urea groups is 1. The first-order valence-electron chi connectivity index (χ1n) is 8.50. The van der Waals surface area contributed by atoms with E-state index >= 15 is 0 Å². The van der Waals surface area contributed by atoms with Crippen LogP contribution in [0.3, 0.4) is 0 Å². The van der Waals surface area contributed by atoms with E-state index in [9.17, 15) is 9.59 Å². The predicted molar refractivity (Wildman–Crippen MR) is 93.8 cm³/mol. The van der Waals surface area contributed by atoms with Gasteiger partial charge in [0.05, 0.1) is 6.54 Å². The minimum Gasteiger partial charge on any atom is -0.323 e. The molecule has 1 aromatic carbocycles. The first-order chi connectivity index (χ1) is 11.4. The van der Waals surface area contributed by atoms with E-state index in [0.717, 1.165) is 25.2 Å². The molecule has 2 aliphatic rings. The Morgan fingerprint density at radius 1 is 1.17 bits per heavy atom. The van der Waals surface area contributed by atoms with Gasteiger partial charge in [0, 0.05) is 24.7 Å². The quantitative estimate of drug-likeness (QED) is 0.850. The lowest BCUT2D eigenvalue weighted by molar-refractivity contribution is -0.133. The molecule has 0 unspecified atom stereocenters. The second-order valence-corrected chi connectivity index (χ2v) is 7.66. The Bertz CT molecular complexity index is 622. The number of hydrogen-bond acceptors (Lipinski definition) is 3. The highest BCUT2D eigenvalue weighted by molar-refractivity contribution is 6.30. The summed E-state index contributed by atoms with van der Waals surface area (Å²) in [5.41, 5.74) is 0.189. The maximum absolute atomic E-state index is 12.9. The van der Waals surface area contributed by atoms with Gasteiger partial charge in [0.15, 0.2) is 0 Å². The van der Waals surface area contributed by atoms with Crippen molar-refractivity contribution in [1.82, 2.24) is 15.1 Å². The van der Waals surface area contributed by atoms with Crippen molar-refractivity contribution in [3.05, 3.63) is 34.9 Å². The Balaban J connectivity index is 1.67. The van der Waals surface area contributed by atoms with Crippen LogP contribution >= 0.6 is 11.6 Å². The summed E-state index contributed by atoms with van der Waals surface area (Å²) in [6, 6.07) is 6.95. The molecule has 0 bridgehead atoms. The highest BCUT2D eigenvalue weighted by Crippen LogP contribution is 2.30. The lowest BCUT2D eigenvalue weighted by Gasteiger charge is -2.38. The molecule has 3 amide bonds. The standard InChI is InChI=1S/C18H24ClN3O2/c1-13(2)11-21-9-7-18(8-10-21)16(23)22(17(24)20-18)12-14-3-5-15(19)6-4-14/h3-6,13H,7-12H2,1-2H3,(H,20,24). The van der Waals surface area contributed by atoms with Gasteiger partial charge in [0.2, 0.25) is 0 Å². The van der Waals surface area contributed by atoms with E-state index in [1.807, 2.05) is 12.1 Å². The lowest BCUT2D eigenvalue weighted by Crippen LogP contribution is -2.55. The van der Waals surface area contributed by atoms with E-state index in [1.54, 1.807) is 12.1 Å². The van der Waals surface area contributed by atoms with Crippen LogP contribution in [0.15, 0.2) is 24.3 Å². The number of nitrogens with zero attached hydrogens (tertiary/aromatic N) is 2. The van der Waals surface area contributed by atoms with Crippen molar-refractivity contribution in [2.24, 2.45) is 5.92 Å². The summed E-state index contributed by atoms with van der Waals surface area (Å²) >= 11 is 5.89. The highest BCUT2D eigenvalue weighted by atomic mass is 35.5. The number of rotatable bonds is 4. The fourth-order valence-corrected chi connectivity index (χ4v) is 3.69. The number of likely N-dealkylation sites (tertiary alicyclic amines) is 1. The topological polar surface area (TPSA) is 52.7 Å². The molecule has 0 aliphatic carbocycles. The number of halogens is 1. The van der Waals surface area contributed by atoms with E-state index in [2.05, 4.69) is 24.1 Å². The van der Waals surface area contributed by atoms with Crippen LogP contribution in [0, 0.1) is 5.92 Å². The first kappa shape index (κ1) is 17.2. The van der Waals surface area contributed by atoms with Gasteiger partial charge in [-0.3, -0.25) is 9.69 Å². The molecule has 130 valence electrons. The van der Waals surface area contributed by atoms with E-state index in [4.69, 9.17) is 11.6 Å². The van der Waals surface area contributed by atoms with Crippen LogP contribution < -0.4 is 5.32 Å². The summed E-state index contributed by atoms with van der Waals surface area (Å²) in [6.07, 6.45) is 1.36. The molecular formula is C18H24ClN3O2. The largest absolute Gasteiger partial charge is 0.325 e. The van der Waals surface area contributed by atoms with Gasteiger partial charge in [-0.05, 0) is 36.5 Å². The average Bonchev–Trinajstić information content (AvgIpc) is 2.76. The van der Waals surface area contributed by atoms with Gasteiger partial charge in [-0.1, -0.05) is 37.6 Å². The summed E-state index contributed by atoms with van der Waals surface area (Å²) in [5, 5.41) is 3.60. The van der Waals surface area contributed by atoms with Crippen LogP contribution in [0.4, 0.5) is 4.79 Å². The van der Waals surface area contributed by atoms with E-state index in [-0.39, 0.29) is 11.9 Å². The van der Waals surface area contributed by atoms with Gasteiger partial charge in [-0.15, -0.1) is 0 Å². The highest BCUT2D eigenvalue weighted by Gasteiger charge is 2.52. The number of carbonyl (C=O) groups excluding carboxylic acids is 2. The van der Waals surface area contributed by atoms with Crippen LogP contribution in [-0.2, 0) is 11.3 Å². The summed E-state index contributed by atoms with van der Waals surface area (Å²) in [6.45, 7) is 7.41. The molecule has 5 nitrogen and oxygen atoms in total. The number of imide groups is 1. The number of amides is 3. The minimum atomic E-state index is -0.711. The van der Waals surface area contributed by atoms with Crippen molar-refractivity contribution >= 4 is 23.5 Å². The van der Waals surface area contributed by atoms with E-state index in [0.29, 0.717) is 30.3 Å². The van der Waals surface area contributed by atoms with Gasteiger partial charge in [-0.2, -0.15) is 0 Å². The third-order valence-electron chi connectivity index (χ3n) is 4.83. The Morgan fingerprint density at radius 2 is 1.79 bits per heavy atom. The van der Waals surface area contributed by atoms with Gasteiger partial charge in [-0.25, -0.2) is 4.79 Å². The smallest absolute Gasteiger partial charge is 0.323 e. The molecule has 0 radical (unpaired) electrons. The predicted octanol–water partition coefficient (Wildman–Crippen LogP) is 2.88. The van der Waals surface area contributed by atoms with Crippen LogP contribution in [0.1, 0.15) is 32.3 Å². The van der Waals surface area contributed by atoms with Crippen molar-refractivity contribution in [3.63, 3.8) is 0 Å². The van der Waals surface area contributed by atoms with Crippen molar-refractivity contribution in [1.29, 1.82) is 0 Å². The molecule has 2 fully saturated rings. The monoisotopic (exact) mass is 349 g/mol. The number of hydrogen-bond donors (Lipinski definition) is 1. The molecule has 3 rings (SSSR count). The van der Waals surface area contributed by atoms with Crippen LogP contribution in [-0.4, -0.2) is 46.9 Å². The van der Waals surface area contributed by atoms with Crippen LogP contribution in [0.25, 0.3) is 0 Å². The van der Waals surface area contributed by atoms with Gasteiger partial charge < -0.3 is 10.2 Å². The molecule has 2 heterocycles. The molecule has 1 N–H and O–H groups in total. The molecular weight excluding hydrogens is 326 g/mol. The third kappa shape index (κ3) is 3.42. The summed E-state index contributed by atoms with van der Waals surface area (Å²) < 4.78 is 0. The Labute approximate surface area is 147 Å². The van der Waals surface area contributed by atoms with Gasteiger partial charge in [0.1, 0.15) is 5.54 Å². The molecule has 0 aromatic heterocycles. The van der Waals surface area contributed by atoms with Crippen molar-refractivity contribution in [3.8, 4) is 0 Å². The Hall–Kier alpha value is -1.59. The third-order valence-corrected chi connectivity index (χ3v) is 5.08. The maximum Gasteiger partial charge on any atom is 0.325 e. The molecule has 2 aliphatic heterocycles. The minimum absolute atomic E-state index is 0.0911. The molecule has 0 atom stereocenters. The van der Waals surface area contributed by atoms with E-state index in [1.165, 1.54) is 4.90 Å². The Morgan fingerprint density at radius 3 is 2.38 bits per heavy atom. The summed E-state index contributed by atoms with van der Waals surface area (Å²) in [4.78, 5) is 28.9. The first-order valence-corrected chi connectivity index (χ1v) is 8.88. The van der Waals surface area contributed by atoms with Gasteiger partial charge >= 0.3 is 6.03 Å². The zero-order valence-corrected chi connectivity index (χ0v) is 15.0. The summed E-state index contributed by atoms with van der Waals surface area (Å²) in [7, 11) is 0. The zero-order valence-electron chi connectivity index (χ0n) is 14.2. The number of carbonyl (C=O) groups is 2. The van der Waals surface area contributed by atoms with Crippen molar-refractivity contribution in [2.45, 2.75) is 38.8 Å². The fraction of sp³-hybridized carbons (Fsp3) is 0.556. The summed E-state index contributed by atoms with van der Waals surface area (Å²) in [5.74, 6) is 0.515. The molecule has 6 heteroatoms.